The van der Waals surface area contributed by atoms with Crippen molar-refractivity contribution >= 4 is 5.91 Å². The highest BCUT2D eigenvalue weighted by Gasteiger charge is 2.43. The van der Waals surface area contributed by atoms with E-state index in [2.05, 4.69) is 29.2 Å². The number of benzene rings is 2. The summed E-state index contributed by atoms with van der Waals surface area (Å²) in [6.07, 6.45) is 1.70. The molecule has 6 nitrogen and oxygen atoms in total. The maximum atomic E-state index is 13.1. The second-order valence-corrected chi connectivity index (χ2v) is 9.83. The van der Waals surface area contributed by atoms with Crippen molar-refractivity contribution in [3.63, 3.8) is 0 Å². The first-order chi connectivity index (χ1) is 15.9. The van der Waals surface area contributed by atoms with Crippen molar-refractivity contribution in [2.45, 2.75) is 51.9 Å². The van der Waals surface area contributed by atoms with Gasteiger partial charge < -0.3 is 19.5 Å². The molecule has 2 heterocycles. The van der Waals surface area contributed by atoms with Crippen LogP contribution in [0, 0.1) is 12.8 Å². The van der Waals surface area contributed by atoms with Crippen molar-refractivity contribution in [2.24, 2.45) is 5.92 Å². The average Bonchev–Trinajstić information content (AvgIpc) is 2.80. The Labute approximate surface area is 197 Å². The number of carbonyl (C=O) groups excluding carboxylic acids is 1. The predicted molar refractivity (Wildman–Crippen MR) is 128 cm³/mol. The lowest BCUT2D eigenvalue weighted by Gasteiger charge is -2.49. The van der Waals surface area contributed by atoms with Crippen LogP contribution in [0.25, 0.3) is 0 Å². The number of nitrogens with zero attached hydrogens (tertiary/aromatic N) is 2. The van der Waals surface area contributed by atoms with Crippen molar-refractivity contribution in [3.05, 3.63) is 65.2 Å². The first-order valence-electron chi connectivity index (χ1n) is 12.0. The molecule has 33 heavy (non-hydrogen) atoms. The van der Waals surface area contributed by atoms with Crippen LogP contribution in [-0.2, 0) is 11.3 Å². The lowest BCUT2D eigenvalue weighted by atomic mass is 9.82. The fraction of sp³-hybridized carbons (Fsp3) is 0.519. The lowest BCUT2D eigenvalue weighted by molar-refractivity contribution is -0.166. The molecule has 2 fully saturated rings. The maximum absolute atomic E-state index is 13.1. The predicted octanol–water partition coefficient (Wildman–Crippen LogP) is 3.86. The summed E-state index contributed by atoms with van der Waals surface area (Å²) in [6.45, 7) is 9.57. The van der Waals surface area contributed by atoms with Crippen LogP contribution < -0.4 is 4.74 Å². The highest BCUT2D eigenvalue weighted by atomic mass is 16.5. The zero-order chi connectivity index (χ0) is 23.4. The number of piperidine rings is 1. The van der Waals surface area contributed by atoms with Gasteiger partial charge in [0.2, 0.25) is 0 Å². The largest absolute Gasteiger partial charge is 0.491 e. The summed E-state index contributed by atoms with van der Waals surface area (Å²) in [5.41, 5.74) is 2.56. The second kappa shape index (κ2) is 10.2. The molecule has 0 aliphatic carbocycles. The van der Waals surface area contributed by atoms with Crippen LogP contribution in [0.15, 0.2) is 48.5 Å². The molecule has 0 saturated carbocycles. The monoisotopic (exact) mass is 452 g/mol. The van der Waals surface area contributed by atoms with Gasteiger partial charge in [0.05, 0.1) is 11.7 Å². The SMILES string of the molecule is Cc1cc(C(=O)N2CCC3(CC(CO)CN(Cc4ccccc4)C3)OC2)ccc1OC(C)C. The Morgan fingerprint density at radius 2 is 2.03 bits per heavy atom. The number of rotatable bonds is 6. The molecule has 1 spiro atoms. The Morgan fingerprint density at radius 1 is 1.24 bits per heavy atom. The highest BCUT2D eigenvalue weighted by molar-refractivity contribution is 5.94. The van der Waals surface area contributed by atoms with E-state index in [1.54, 1.807) is 4.90 Å². The third-order valence-corrected chi connectivity index (χ3v) is 6.63. The van der Waals surface area contributed by atoms with Gasteiger partial charge in [-0.25, -0.2) is 0 Å². The molecule has 0 aromatic heterocycles. The molecule has 1 N–H and O–H groups in total. The fourth-order valence-electron chi connectivity index (χ4n) is 5.06. The summed E-state index contributed by atoms with van der Waals surface area (Å²) < 4.78 is 12.2. The molecule has 2 aromatic rings. The summed E-state index contributed by atoms with van der Waals surface area (Å²) >= 11 is 0. The summed E-state index contributed by atoms with van der Waals surface area (Å²) in [5.74, 6) is 0.978. The van der Waals surface area contributed by atoms with E-state index in [1.807, 2.05) is 45.0 Å². The molecule has 0 bridgehead atoms. The smallest absolute Gasteiger partial charge is 0.255 e. The summed E-state index contributed by atoms with van der Waals surface area (Å²) in [6, 6.07) is 16.0. The number of aliphatic hydroxyl groups excluding tert-OH is 1. The van der Waals surface area contributed by atoms with E-state index >= 15 is 0 Å². The Morgan fingerprint density at radius 3 is 2.67 bits per heavy atom. The molecule has 2 aromatic carbocycles. The van der Waals surface area contributed by atoms with Crippen molar-refractivity contribution in [1.82, 2.24) is 9.80 Å². The first kappa shape index (κ1) is 23.7. The quantitative estimate of drug-likeness (QED) is 0.721. The first-order valence-corrected chi connectivity index (χ1v) is 12.0. The van der Waals surface area contributed by atoms with Gasteiger partial charge in [0, 0.05) is 38.3 Å². The van der Waals surface area contributed by atoms with Gasteiger partial charge in [-0.1, -0.05) is 30.3 Å². The molecule has 178 valence electrons. The van der Waals surface area contributed by atoms with E-state index in [0.717, 1.165) is 43.8 Å². The minimum Gasteiger partial charge on any atom is -0.491 e. The van der Waals surface area contributed by atoms with E-state index in [-0.39, 0.29) is 36.9 Å². The number of ether oxygens (including phenoxy) is 2. The minimum absolute atomic E-state index is 0.0142. The van der Waals surface area contributed by atoms with Crippen LogP contribution in [0.1, 0.15) is 48.2 Å². The van der Waals surface area contributed by atoms with Crippen LogP contribution in [0.3, 0.4) is 0 Å². The van der Waals surface area contributed by atoms with Crippen LogP contribution in [0.5, 0.6) is 5.75 Å². The Balaban J connectivity index is 1.40. The van der Waals surface area contributed by atoms with E-state index in [0.29, 0.717) is 12.1 Å². The van der Waals surface area contributed by atoms with Crippen molar-refractivity contribution in [3.8, 4) is 5.75 Å². The summed E-state index contributed by atoms with van der Waals surface area (Å²) in [4.78, 5) is 17.3. The molecule has 0 radical (unpaired) electrons. The van der Waals surface area contributed by atoms with Crippen molar-refractivity contribution < 1.29 is 19.4 Å². The normalized spacial score (nSPS) is 23.8. The summed E-state index contributed by atoms with van der Waals surface area (Å²) in [5, 5.41) is 9.92. The number of likely N-dealkylation sites (tertiary alicyclic amines) is 1. The molecule has 4 rings (SSSR count). The summed E-state index contributed by atoms with van der Waals surface area (Å²) in [7, 11) is 0. The van der Waals surface area contributed by atoms with Gasteiger partial charge in [-0.3, -0.25) is 9.69 Å². The maximum Gasteiger partial charge on any atom is 0.255 e. The Hall–Kier alpha value is -2.41. The molecular weight excluding hydrogens is 416 g/mol. The minimum atomic E-state index is -0.317. The number of aliphatic hydroxyl groups is 1. The van der Waals surface area contributed by atoms with E-state index in [4.69, 9.17) is 9.47 Å². The highest BCUT2D eigenvalue weighted by Crippen LogP contribution is 2.35. The van der Waals surface area contributed by atoms with Crippen LogP contribution in [0.4, 0.5) is 0 Å². The zero-order valence-electron chi connectivity index (χ0n) is 20.0. The van der Waals surface area contributed by atoms with Crippen molar-refractivity contribution in [1.29, 1.82) is 0 Å². The van der Waals surface area contributed by atoms with Gasteiger partial charge >= 0.3 is 0 Å². The van der Waals surface area contributed by atoms with E-state index in [1.165, 1.54) is 5.56 Å². The molecule has 2 saturated heterocycles. The van der Waals surface area contributed by atoms with Gasteiger partial charge in [-0.05, 0) is 68.9 Å². The number of hydrogen-bond donors (Lipinski definition) is 1. The third kappa shape index (κ3) is 5.75. The molecule has 2 aliphatic heterocycles. The van der Waals surface area contributed by atoms with Gasteiger partial charge in [-0.15, -0.1) is 0 Å². The number of hydrogen-bond acceptors (Lipinski definition) is 5. The van der Waals surface area contributed by atoms with Gasteiger partial charge in [0.1, 0.15) is 12.5 Å². The third-order valence-electron chi connectivity index (χ3n) is 6.63. The number of amides is 1. The Kier molecular flexibility index (Phi) is 7.37. The van der Waals surface area contributed by atoms with Gasteiger partial charge in [-0.2, -0.15) is 0 Å². The number of carbonyl (C=O) groups is 1. The standard InChI is InChI=1S/C27H36N2O4/c1-20(2)33-25-10-9-24(13-21(25)3)26(31)29-12-11-27(32-19-29)14-23(17-30)16-28(18-27)15-22-7-5-4-6-8-22/h4-10,13,20,23,30H,11-12,14-19H2,1-3H3. The average molecular weight is 453 g/mol. The van der Waals surface area contributed by atoms with Crippen LogP contribution in [-0.4, -0.2) is 65.5 Å². The van der Waals surface area contributed by atoms with Crippen molar-refractivity contribution in [2.75, 3.05) is 33.0 Å². The lowest BCUT2D eigenvalue weighted by Crippen LogP contribution is -2.58. The zero-order valence-corrected chi connectivity index (χ0v) is 20.0. The number of aryl methyl sites for hydroxylation is 1. The van der Waals surface area contributed by atoms with Gasteiger partial charge in [0.15, 0.2) is 0 Å². The molecule has 1 amide bonds. The molecule has 2 atom stereocenters. The van der Waals surface area contributed by atoms with Crippen LogP contribution >= 0.6 is 0 Å². The van der Waals surface area contributed by atoms with E-state index in [9.17, 15) is 9.90 Å². The fourth-order valence-corrected chi connectivity index (χ4v) is 5.06. The van der Waals surface area contributed by atoms with E-state index < -0.39 is 0 Å². The van der Waals surface area contributed by atoms with Gasteiger partial charge in [0.25, 0.3) is 5.91 Å². The molecule has 6 heteroatoms. The second-order valence-electron chi connectivity index (χ2n) is 9.83. The molecule has 2 aliphatic rings. The Bertz CT molecular complexity index is 938. The molecule has 2 unspecified atom stereocenters. The van der Waals surface area contributed by atoms with Crippen LogP contribution in [0.2, 0.25) is 0 Å². The topological polar surface area (TPSA) is 62.2 Å². The molecular formula is C27H36N2O4.